The Morgan fingerprint density at radius 3 is 2.71 bits per heavy atom. The minimum Gasteiger partial charge on any atom is -0.484 e. The van der Waals surface area contributed by atoms with Gasteiger partial charge in [0.25, 0.3) is 5.91 Å². The average Bonchev–Trinajstić information content (AvgIpc) is 3.27. The van der Waals surface area contributed by atoms with E-state index in [0.717, 1.165) is 17.5 Å². The van der Waals surface area contributed by atoms with Crippen LogP contribution in [0.1, 0.15) is 31.7 Å². The molecule has 0 aliphatic rings. The van der Waals surface area contributed by atoms with Crippen LogP contribution in [0, 0.1) is 0 Å². The number of amides is 1. The van der Waals surface area contributed by atoms with Gasteiger partial charge in [0.1, 0.15) is 11.3 Å². The molecule has 6 nitrogen and oxygen atoms in total. The quantitative estimate of drug-likeness (QED) is 0.284. The number of rotatable bonds is 7. The smallest absolute Gasteiger partial charge is 0.264 e. The van der Waals surface area contributed by atoms with Gasteiger partial charge in [-0.1, -0.05) is 49.7 Å². The molecular weight excluding hydrogens is 470 g/mol. The number of nitrogens with one attached hydrogen (secondary N) is 2. The van der Waals surface area contributed by atoms with Crippen molar-refractivity contribution >= 4 is 51.6 Å². The first-order chi connectivity index (χ1) is 16.4. The van der Waals surface area contributed by atoms with E-state index in [1.807, 2.05) is 30.3 Å². The summed E-state index contributed by atoms with van der Waals surface area (Å²) in [7, 11) is 0. The number of hydrogen-bond donors (Lipinski definition) is 2. The number of thiocarbonyl (C=S) groups is 1. The molecule has 1 heterocycles. The van der Waals surface area contributed by atoms with Crippen LogP contribution in [0.15, 0.2) is 71.1 Å². The lowest BCUT2D eigenvalue weighted by atomic mass is 9.98. The zero-order valence-corrected chi connectivity index (χ0v) is 20.4. The average molecular weight is 494 g/mol. The van der Waals surface area contributed by atoms with Crippen LogP contribution in [0.5, 0.6) is 5.75 Å². The SMILES string of the molecule is CC[C@@H](C)c1ccc2oc(-c3ccc(Cl)c(NC(=S)NC(=O)COc4ccccc4)c3)nc2c1. The van der Waals surface area contributed by atoms with Crippen molar-refractivity contribution in [2.24, 2.45) is 0 Å². The normalized spacial score (nSPS) is 11.7. The van der Waals surface area contributed by atoms with Crippen molar-refractivity contribution in [1.82, 2.24) is 10.3 Å². The molecule has 0 spiro atoms. The zero-order chi connectivity index (χ0) is 24.1. The molecule has 34 heavy (non-hydrogen) atoms. The summed E-state index contributed by atoms with van der Waals surface area (Å²) in [5.41, 5.74) is 4.00. The van der Waals surface area contributed by atoms with Gasteiger partial charge in [0, 0.05) is 5.56 Å². The van der Waals surface area contributed by atoms with Crippen LogP contribution >= 0.6 is 23.8 Å². The van der Waals surface area contributed by atoms with Gasteiger partial charge in [-0.05, 0) is 72.6 Å². The monoisotopic (exact) mass is 493 g/mol. The number of oxazole rings is 1. The molecule has 174 valence electrons. The first-order valence-electron chi connectivity index (χ1n) is 10.9. The summed E-state index contributed by atoms with van der Waals surface area (Å²) in [5.74, 6) is 1.14. The summed E-state index contributed by atoms with van der Waals surface area (Å²) in [6.07, 6.45) is 1.05. The van der Waals surface area contributed by atoms with Crippen molar-refractivity contribution in [3.8, 4) is 17.2 Å². The largest absolute Gasteiger partial charge is 0.484 e. The van der Waals surface area contributed by atoms with Gasteiger partial charge in [0.05, 0.1) is 10.7 Å². The predicted octanol–water partition coefficient (Wildman–Crippen LogP) is 6.55. The molecule has 2 N–H and O–H groups in total. The maximum absolute atomic E-state index is 12.2. The van der Waals surface area contributed by atoms with E-state index in [1.54, 1.807) is 24.3 Å². The number of benzene rings is 3. The number of carbonyl (C=O) groups excluding carboxylic acids is 1. The van der Waals surface area contributed by atoms with Gasteiger partial charge in [-0.25, -0.2) is 4.98 Å². The van der Waals surface area contributed by atoms with E-state index in [0.29, 0.717) is 33.9 Å². The van der Waals surface area contributed by atoms with Crippen LogP contribution in [0.3, 0.4) is 0 Å². The molecule has 0 bridgehead atoms. The molecule has 0 unspecified atom stereocenters. The van der Waals surface area contributed by atoms with Gasteiger partial charge in [-0.2, -0.15) is 0 Å². The number of halogens is 1. The van der Waals surface area contributed by atoms with Crippen molar-refractivity contribution < 1.29 is 13.9 Å². The molecule has 1 aromatic heterocycles. The van der Waals surface area contributed by atoms with E-state index in [4.69, 9.17) is 33.0 Å². The minimum absolute atomic E-state index is 0.108. The Morgan fingerprint density at radius 1 is 1.15 bits per heavy atom. The second-order valence-electron chi connectivity index (χ2n) is 7.85. The number of fused-ring (bicyclic) bond motifs is 1. The lowest BCUT2D eigenvalue weighted by Gasteiger charge is -2.12. The summed E-state index contributed by atoms with van der Waals surface area (Å²) in [4.78, 5) is 16.8. The number of anilines is 1. The summed E-state index contributed by atoms with van der Waals surface area (Å²) in [6.45, 7) is 4.18. The predicted molar refractivity (Wildman–Crippen MR) is 139 cm³/mol. The van der Waals surface area contributed by atoms with E-state index in [1.165, 1.54) is 5.56 Å². The Morgan fingerprint density at radius 2 is 1.94 bits per heavy atom. The number of nitrogens with zero attached hydrogens (tertiary/aromatic N) is 1. The second kappa shape index (κ2) is 10.7. The highest BCUT2D eigenvalue weighted by molar-refractivity contribution is 7.80. The highest BCUT2D eigenvalue weighted by atomic mass is 35.5. The fraction of sp³-hybridized carbons (Fsp3) is 0.192. The molecule has 8 heteroatoms. The maximum Gasteiger partial charge on any atom is 0.264 e. The molecule has 0 radical (unpaired) electrons. The van der Waals surface area contributed by atoms with Gasteiger partial charge in [-0.3, -0.25) is 10.1 Å². The van der Waals surface area contributed by atoms with E-state index in [2.05, 4.69) is 41.6 Å². The number of carbonyl (C=O) groups is 1. The Bertz CT molecular complexity index is 1320. The Balaban J connectivity index is 1.44. The van der Waals surface area contributed by atoms with Crippen molar-refractivity contribution in [2.45, 2.75) is 26.2 Å². The Kier molecular flexibility index (Phi) is 7.45. The van der Waals surface area contributed by atoms with Crippen LogP contribution in [-0.4, -0.2) is 22.6 Å². The molecule has 1 amide bonds. The van der Waals surface area contributed by atoms with Gasteiger partial charge in [0.15, 0.2) is 17.3 Å². The Hall–Kier alpha value is -3.42. The van der Waals surface area contributed by atoms with Gasteiger partial charge >= 0.3 is 0 Å². The fourth-order valence-corrected chi connectivity index (χ4v) is 3.73. The third-order valence-corrected chi connectivity index (χ3v) is 5.95. The van der Waals surface area contributed by atoms with E-state index < -0.39 is 0 Å². The summed E-state index contributed by atoms with van der Waals surface area (Å²) in [6, 6.07) is 20.5. The zero-order valence-electron chi connectivity index (χ0n) is 18.8. The lowest BCUT2D eigenvalue weighted by Crippen LogP contribution is -2.37. The van der Waals surface area contributed by atoms with Crippen LogP contribution < -0.4 is 15.4 Å². The fourth-order valence-electron chi connectivity index (χ4n) is 3.35. The summed E-state index contributed by atoms with van der Waals surface area (Å²) < 4.78 is 11.4. The molecule has 1 atom stereocenters. The van der Waals surface area contributed by atoms with Crippen molar-refractivity contribution in [3.63, 3.8) is 0 Å². The first-order valence-corrected chi connectivity index (χ1v) is 11.7. The first kappa shape index (κ1) is 23.7. The van der Waals surface area contributed by atoms with Crippen LogP contribution in [0.4, 0.5) is 5.69 Å². The summed E-state index contributed by atoms with van der Waals surface area (Å²) >= 11 is 11.6. The number of para-hydroxylation sites is 1. The maximum atomic E-state index is 12.2. The number of ether oxygens (including phenoxy) is 1. The second-order valence-corrected chi connectivity index (χ2v) is 8.67. The topological polar surface area (TPSA) is 76.4 Å². The summed E-state index contributed by atoms with van der Waals surface area (Å²) in [5, 5.41) is 6.09. The highest BCUT2D eigenvalue weighted by Crippen LogP contribution is 2.31. The van der Waals surface area contributed by atoms with E-state index >= 15 is 0 Å². The molecule has 3 aromatic carbocycles. The third kappa shape index (κ3) is 5.73. The highest BCUT2D eigenvalue weighted by Gasteiger charge is 2.14. The van der Waals surface area contributed by atoms with E-state index in [-0.39, 0.29) is 17.6 Å². The van der Waals surface area contributed by atoms with Crippen LogP contribution in [0.2, 0.25) is 5.02 Å². The third-order valence-electron chi connectivity index (χ3n) is 5.42. The van der Waals surface area contributed by atoms with E-state index in [9.17, 15) is 4.79 Å². The molecule has 0 aliphatic heterocycles. The van der Waals surface area contributed by atoms with Crippen molar-refractivity contribution in [2.75, 3.05) is 11.9 Å². The molecule has 0 aliphatic carbocycles. The standard InChI is InChI=1S/C26H24ClN3O3S/c1-3-16(2)17-10-12-23-22(13-17)28-25(33-23)18-9-11-20(27)21(14-18)29-26(34)30-24(31)15-32-19-7-5-4-6-8-19/h4-14,16H,3,15H2,1-2H3,(H2,29,30,31,34)/t16-/m1/s1. The minimum atomic E-state index is -0.385. The Labute approximate surface area is 208 Å². The molecule has 4 aromatic rings. The van der Waals surface area contributed by atoms with Crippen molar-refractivity contribution in [3.05, 3.63) is 77.3 Å². The lowest BCUT2D eigenvalue weighted by molar-refractivity contribution is -0.121. The van der Waals surface area contributed by atoms with Crippen molar-refractivity contribution in [1.29, 1.82) is 0 Å². The molecule has 0 saturated heterocycles. The van der Waals surface area contributed by atoms with Crippen LogP contribution in [0.25, 0.3) is 22.6 Å². The molecule has 0 saturated carbocycles. The van der Waals surface area contributed by atoms with Crippen LogP contribution in [-0.2, 0) is 4.79 Å². The number of hydrogen-bond acceptors (Lipinski definition) is 5. The van der Waals surface area contributed by atoms with Gasteiger partial charge in [0.2, 0.25) is 5.89 Å². The van der Waals surface area contributed by atoms with Gasteiger partial charge < -0.3 is 14.5 Å². The molecule has 0 fully saturated rings. The number of aromatic nitrogens is 1. The van der Waals surface area contributed by atoms with Gasteiger partial charge in [-0.15, -0.1) is 0 Å². The molecular formula is C26H24ClN3O3S. The molecule has 4 rings (SSSR count).